The average molecular weight is 185 g/mol. The molecule has 2 nitrogen and oxygen atoms in total. The predicted octanol–water partition coefficient (Wildman–Crippen LogP) is -0.379. The summed E-state index contributed by atoms with van der Waals surface area (Å²) >= 11 is 1.81. The molecule has 0 radical (unpaired) electrons. The molecule has 0 fully saturated rings. The lowest BCUT2D eigenvalue weighted by molar-refractivity contribution is 0.517. The fraction of sp³-hybridized carbons (Fsp3) is 1.00. The second kappa shape index (κ2) is 4.71. The van der Waals surface area contributed by atoms with Gasteiger partial charge in [-0.1, -0.05) is 0 Å². The maximum Gasteiger partial charge on any atom is 0.229 e. The smallest absolute Gasteiger partial charge is 0.229 e. The molecule has 0 aromatic rings. The van der Waals surface area contributed by atoms with Gasteiger partial charge in [0, 0.05) is 6.51 Å². The monoisotopic (exact) mass is 185 g/mol. The highest BCUT2D eigenvalue weighted by Crippen LogP contribution is 1.77. The third-order valence-corrected chi connectivity index (χ3v) is 0.635. The maximum absolute atomic E-state index is 5.01. The average Bonchev–Trinajstić information content (AvgIpc) is 1.41. The Morgan fingerprint density at radius 2 is 2.60 bits per heavy atom. The summed E-state index contributed by atoms with van der Waals surface area (Å²) in [6, 6.07) is 0. The van der Waals surface area contributed by atoms with Gasteiger partial charge >= 0.3 is 0 Å². The molecule has 30 valence electrons. The van der Waals surface area contributed by atoms with Crippen LogP contribution in [0.1, 0.15) is 0 Å². The zero-order valence-electron chi connectivity index (χ0n) is 2.78. The van der Waals surface area contributed by atoms with Crippen LogP contribution in [0, 0.1) is 0 Å². The van der Waals surface area contributed by atoms with Crippen molar-refractivity contribution in [1.29, 1.82) is 0 Å². The van der Waals surface area contributed by atoms with Crippen molar-refractivity contribution in [2.24, 2.45) is 5.64 Å². The molecule has 0 spiro atoms. The standard InChI is InChI=1S/CH5BINO/c3-5-1-2-4/h2H,1,4H2. The van der Waals surface area contributed by atoms with E-state index in [4.69, 9.17) is 5.64 Å². The first-order chi connectivity index (χ1) is 2.41. The molecule has 0 saturated heterocycles. The van der Waals surface area contributed by atoms with Crippen LogP contribution in [0.2, 0.25) is 0 Å². The van der Waals surface area contributed by atoms with E-state index in [1.54, 1.807) is 0 Å². The number of nitrogens with two attached hydrogens (primary N) is 1. The van der Waals surface area contributed by atoms with E-state index in [9.17, 15) is 0 Å². The van der Waals surface area contributed by atoms with E-state index >= 15 is 0 Å². The molecule has 5 heavy (non-hydrogen) atoms. The Balaban J connectivity index is 2.19. The number of rotatable bonds is 2. The second-order valence-corrected chi connectivity index (χ2v) is 1.22. The van der Waals surface area contributed by atoms with Gasteiger partial charge in [0.05, 0.1) is 0 Å². The Morgan fingerprint density at radius 1 is 2.00 bits per heavy atom. The highest BCUT2D eigenvalue weighted by molar-refractivity contribution is 14.1. The van der Waals surface area contributed by atoms with E-state index < -0.39 is 0 Å². The van der Waals surface area contributed by atoms with Crippen molar-refractivity contribution < 1.29 is 3.07 Å². The molecular formula is CH5BINO. The third-order valence-electron chi connectivity index (χ3n) is 0.195. The fourth-order valence-electron chi connectivity index (χ4n) is 0.0445. The molecule has 0 aliphatic rings. The highest BCUT2D eigenvalue weighted by Gasteiger charge is 1.73. The molecule has 0 atom stereocenters. The van der Waals surface area contributed by atoms with Crippen LogP contribution in [0.25, 0.3) is 0 Å². The Morgan fingerprint density at radius 3 is 2.60 bits per heavy atom. The van der Waals surface area contributed by atoms with Gasteiger partial charge in [0.1, 0.15) is 23.0 Å². The van der Waals surface area contributed by atoms with Crippen molar-refractivity contribution in [3.05, 3.63) is 0 Å². The Kier molecular flexibility index (Phi) is 5.39. The Bertz CT molecular complexity index is 19.1. The topological polar surface area (TPSA) is 35.2 Å². The minimum absolute atomic E-state index is 0.614. The summed E-state index contributed by atoms with van der Waals surface area (Å²) in [5.74, 6) is 0. The molecule has 0 aliphatic carbocycles. The summed E-state index contributed by atoms with van der Waals surface area (Å²) in [5.41, 5.74) is 5.01. The van der Waals surface area contributed by atoms with Gasteiger partial charge in [-0.25, -0.2) is 0 Å². The molecule has 0 heterocycles. The van der Waals surface area contributed by atoms with E-state index in [0.717, 1.165) is 0 Å². The quantitative estimate of drug-likeness (QED) is 0.469. The highest BCUT2D eigenvalue weighted by atomic mass is 127. The Labute approximate surface area is 46.0 Å². The van der Waals surface area contributed by atoms with Gasteiger partial charge in [-0.05, 0) is 0 Å². The first-order valence-corrected chi connectivity index (χ1v) is 2.23. The fourth-order valence-corrected chi connectivity index (χ4v) is 0.299. The van der Waals surface area contributed by atoms with Crippen molar-refractivity contribution in [3.8, 4) is 0 Å². The van der Waals surface area contributed by atoms with Crippen LogP contribution in [0.3, 0.4) is 0 Å². The van der Waals surface area contributed by atoms with E-state index in [2.05, 4.69) is 3.07 Å². The van der Waals surface area contributed by atoms with Crippen LogP contribution in [0.15, 0.2) is 0 Å². The van der Waals surface area contributed by atoms with Crippen LogP contribution in [-0.2, 0) is 3.07 Å². The maximum atomic E-state index is 5.01. The van der Waals surface area contributed by atoms with Crippen molar-refractivity contribution in [2.75, 3.05) is 6.51 Å². The van der Waals surface area contributed by atoms with E-state index in [-0.39, 0.29) is 0 Å². The van der Waals surface area contributed by atoms with Crippen molar-refractivity contribution in [1.82, 2.24) is 0 Å². The molecule has 4 heteroatoms. The number of hydrogen-bond acceptors (Lipinski definition) is 2. The first-order valence-electron chi connectivity index (χ1n) is 1.35. The lowest BCUT2D eigenvalue weighted by atomic mass is 10.0. The van der Waals surface area contributed by atoms with Gasteiger partial charge in [-0.2, -0.15) is 0 Å². The summed E-state index contributed by atoms with van der Waals surface area (Å²) in [7, 11) is 0.614. The zero-order valence-corrected chi connectivity index (χ0v) is 4.94. The van der Waals surface area contributed by atoms with Crippen LogP contribution >= 0.6 is 23.0 Å². The van der Waals surface area contributed by atoms with E-state index in [1.165, 1.54) is 0 Å². The molecule has 0 aliphatic heterocycles. The van der Waals surface area contributed by atoms with Crippen molar-refractivity contribution >= 4 is 30.4 Å². The van der Waals surface area contributed by atoms with Gasteiger partial charge < -0.3 is 8.71 Å². The molecular weight excluding hydrogens is 180 g/mol. The van der Waals surface area contributed by atoms with Crippen molar-refractivity contribution in [2.45, 2.75) is 0 Å². The molecule has 0 bridgehead atoms. The molecule has 0 amide bonds. The lowest BCUT2D eigenvalue weighted by Gasteiger charge is -1.79. The lowest BCUT2D eigenvalue weighted by Crippen LogP contribution is -2.09. The van der Waals surface area contributed by atoms with Gasteiger partial charge in [-0.15, -0.1) is 0 Å². The predicted molar refractivity (Wildman–Crippen MR) is 31.3 cm³/mol. The molecule has 2 N–H and O–H groups in total. The van der Waals surface area contributed by atoms with Crippen LogP contribution in [0.4, 0.5) is 0 Å². The summed E-state index contributed by atoms with van der Waals surface area (Å²) in [6.07, 6.45) is 0. The second-order valence-electron chi connectivity index (χ2n) is 0.602. The summed E-state index contributed by atoms with van der Waals surface area (Å²) in [4.78, 5) is 0. The van der Waals surface area contributed by atoms with Crippen LogP contribution in [-0.4, -0.2) is 13.9 Å². The van der Waals surface area contributed by atoms with Gasteiger partial charge in [0.15, 0.2) is 0 Å². The molecule has 0 unspecified atom stereocenters. The van der Waals surface area contributed by atoms with Gasteiger partial charge in [0.2, 0.25) is 7.41 Å². The molecule has 0 saturated carbocycles. The van der Waals surface area contributed by atoms with Gasteiger partial charge in [-0.3, -0.25) is 0 Å². The molecule has 0 aromatic heterocycles. The van der Waals surface area contributed by atoms with E-state index in [1.807, 2.05) is 23.0 Å². The summed E-state index contributed by atoms with van der Waals surface area (Å²) in [5, 5.41) is 0. The van der Waals surface area contributed by atoms with Crippen LogP contribution < -0.4 is 5.64 Å². The Hall–Kier alpha value is 0.715. The summed E-state index contributed by atoms with van der Waals surface area (Å²) < 4.78 is 4.54. The minimum atomic E-state index is 0.614. The normalized spacial score (nSPS) is 7.60. The minimum Gasteiger partial charge on any atom is -0.371 e. The van der Waals surface area contributed by atoms with Gasteiger partial charge in [0.25, 0.3) is 0 Å². The number of hydrogen-bond donors (Lipinski definition) is 1. The van der Waals surface area contributed by atoms with E-state index in [0.29, 0.717) is 13.9 Å². The largest absolute Gasteiger partial charge is 0.371 e. The molecule has 0 rings (SSSR count). The third kappa shape index (κ3) is 4.71. The SMILES string of the molecule is NBCOI. The van der Waals surface area contributed by atoms with Crippen LogP contribution in [0.5, 0.6) is 0 Å². The zero-order chi connectivity index (χ0) is 4.12. The molecule has 0 aromatic carbocycles. The number of halogens is 1. The first kappa shape index (κ1) is 5.71. The summed E-state index contributed by atoms with van der Waals surface area (Å²) in [6.45, 7) is 0.653. The van der Waals surface area contributed by atoms with Crippen molar-refractivity contribution in [3.63, 3.8) is 0 Å².